The fourth-order valence-corrected chi connectivity index (χ4v) is 5.55. The second kappa shape index (κ2) is 11.8. The molecule has 0 spiro atoms. The van der Waals surface area contributed by atoms with Gasteiger partial charge < -0.3 is 15.0 Å². The number of carbonyl (C=O) groups excluding carboxylic acids is 2. The lowest BCUT2D eigenvalue weighted by molar-refractivity contribution is -0.124. The quantitative estimate of drug-likeness (QED) is 0.449. The molecule has 0 aromatic heterocycles. The summed E-state index contributed by atoms with van der Waals surface area (Å²) >= 11 is 1.65. The average Bonchev–Trinajstić information content (AvgIpc) is 3.28. The van der Waals surface area contributed by atoms with Crippen molar-refractivity contribution in [3.05, 3.63) is 65.2 Å². The number of benzene rings is 2. The van der Waals surface area contributed by atoms with Crippen molar-refractivity contribution >= 4 is 23.6 Å². The Morgan fingerprint density at radius 1 is 1.03 bits per heavy atom. The first kappa shape index (κ1) is 26.1. The second-order valence-corrected chi connectivity index (χ2v) is 11.0. The zero-order valence-corrected chi connectivity index (χ0v) is 21.9. The fourth-order valence-electron chi connectivity index (χ4n) is 4.12. The van der Waals surface area contributed by atoms with E-state index in [0.717, 1.165) is 24.8 Å². The zero-order chi connectivity index (χ0) is 24.7. The van der Waals surface area contributed by atoms with E-state index in [9.17, 15) is 9.59 Å². The molecule has 184 valence electrons. The maximum absolute atomic E-state index is 13.7. The van der Waals surface area contributed by atoms with Gasteiger partial charge in [-0.15, -0.1) is 11.8 Å². The number of hydrogen-bond acceptors (Lipinski definition) is 4. The van der Waals surface area contributed by atoms with Gasteiger partial charge in [0.2, 0.25) is 5.91 Å². The smallest absolute Gasteiger partial charge is 0.255 e. The van der Waals surface area contributed by atoms with Crippen molar-refractivity contribution in [1.29, 1.82) is 0 Å². The van der Waals surface area contributed by atoms with Crippen LogP contribution in [0.25, 0.3) is 0 Å². The Morgan fingerprint density at radius 3 is 2.29 bits per heavy atom. The monoisotopic (exact) mass is 482 g/mol. The molecule has 6 heteroatoms. The minimum Gasteiger partial charge on any atom is -0.497 e. The predicted octanol–water partition coefficient (Wildman–Crippen LogP) is 5.95. The third kappa shape index (κ3) is 6.35. The molecular weight excluding hydrogens is 444 g/mol. The van der Waals surface area contributed by atoms with Crippen molar-refractivity contribution in [3.63, 3.8) is 0 Å². The van der Waals surface area contributed by atoms with E-state index in [1.165, 1.54) is 12.0 Å². The highest BCUT2D eigenvalue weighted by Gasteiger charge is 2.42. The molecule has 3 rings (SSSR count). The molecule has 34 heavy (non-hydrogen) atoms. The second-order valence-electron chi connectivity index (χ2n) is 9.87. The van der Waals surface area contributed by atoms with E-state index in [-0.39, 0.29) is 22.6 Å². The van der Waals surface area contributed by atoms with E-state index in [4.69, 9.17) is 4.74 Å². The Balaban J connectivity index is 1.84. The lowest BCUT2D eigenvalue weighted by atomic mass is 9.86. The molecule has 1 aliphatic heterocycles. The summed E-state index contributed by atoms with van der Waals surface area (Å²) in [6.07, 6.45) is 4.40. The highest BCUT2D eigenvalue weighted by molar-refractivity contribution is 7.99. The lowest BCUT2D eigenvalue weighted by Gasteiger charge is -2.30. The van der Waals surface area contributed by atoms with Crippen molar-refractivity contribution in [2.75, 3.05) is 19.4 Å². The van der Waals surface area contributed by atoms with Crippen molar-refractivity contribution in [1.82, 2.24) is 10.2 Å². The molecule has 0 radical (unpaired) electrons. The molecule has 2 amide bonds. The van der Waals surface area contributed by atoms with E-state index in [2.05, 4.69) is 57.3 Å². The molecule has 2 aromatic rings. The fraction of sp³-hybridized carbons (Fsp3) is 0.500. The van der Waals surface area contributed by atoms with Gasteiger partial charge in [0.1, 0.15) is 17.2 Å². The van der Waals surface area contributed by atoms with Crippen LogP contribution in [-0.2, 0) is 10.2 Å². The zero-order valence-electron chi connectivity index (χ0n) is 21.1. The molecule has 1 aliphatic rings. The summed E-state index contributed by atoms with van der Waals surface area (Å²) in [4.78, 5) is 28.6. The van der Waals surface area contributed by atoms with Crippen LogP contribution in [0.1, 0.15) is 80.2 Å². The molecule has 2 atom stereocenters. The summed E-state index contributed by atoms with van der Waals surface area (Å²) in [6, 6.07) is 15.1. The summed E-state index contributed by atoms with van der Waals surface area (Å²) in [5.74, 6) is 1.07. The Hall–Kier alpha value is -2.47. The molecular formula is C28H38N2O3S. The van der Waals surface area contributed by atoms with Crippen molar-refractivity contribution in [2.45, 2.75) is 70.2 Å². The van der Waals surface area contributed by atoms with E-state index in [1.807, 2.05) is 0 Å². The van der Waals surface area contributed by atoms with E-state index in [1.54, 1.807) is 48.0 Å². The Labute approximate surface area is 208 Å². The summed E-state index contributed by atoms with van der Waals surface area (Å²) in [5.41, 5.74) is 2.90. The average molecular weight is 483 g/mol. The van der Waals surface area contributed by atoms with Crippen LogP contribution in [-0.4, -0.2) is 42.2 Å². The van der Waals surface area contributed by atoms with E-state index >= 15 is 0 Å². The Morgan fingerprint density at radius 2 is 1.71 bits per heavy atom. The van der Waals surface area contributed by atoms with Gasteiger partial charge in [-0.1, -0.05) is 71.2 Å². The third-order valence-corrected chi connectivity index (χ3v) is 7.59. The van der Waals surface area contributed by atoms with Gasteiger partial charge in [0.15, 0.2) is 0 Å². The minimum atomic E-state index is -0.502. The van der Waals surface area contributed by atoms with Gasteiger partial charge in [-0.2, -0.15) is 0 Å². The van der Waals surface area contributed by atoms with Crippen LogP contribution in [0.4, 0.5) is 0 Å². The van der Waals surface area contributed by atoms with Crippen LogP contribution in [0.5, 0.6) is 5.75 Å². The number of hydrogen-bond donors (Lipinski definition) is 1. The largest absolute Gasteiger partial charge is 0.497 e. The predicted molar refractivity (Wildman–Crippen MR) is 140 cm³/mol. The maximum Gasteiger partial charge on any atom is 0.255 e. The summed E-state index contributed by atoms with van der Waals surface area (Å²) in [5, 5.41) is 2.86. The molecule has 0 saturated carbocycles. The molecule has 1 N–H and O–H groups in total. The summed E-state index contributed by atoms with van der Waals surface area (Å²) in [7, 11) is 1.60. The van der Waals surface area contributed by atoms with E-state index < -0.39 is 6.04 Å². The molecule has 1 saturated heterocycles. The summed E-state index contributed by atoms with van der Waals surface area (Å²) < 4.78 is 5.24. The van der Waals surface area contributed by atoms with Gasteiger partial charge in [0, 0.05) is 17.9 Å². The van der Waals surface area contributed by atoms with Crippen LogP contribution in [0, 0.1) is 0 Å². The molecule has 1 fully saturated rings. The summed E-state index contributed by atoms with van der Waals surface area (Å²) in [6.45, 7) is 9.38. The van der Waals surface area contributed by atoms with Gasteiger partial charge in [0.25, 0.3) is 5.91 Å². The van der Waals surface area contributed by atoms with Gasteiger partial charge in [-0.25, -0.2) is 0 Å². The number of methoxy groups -OCH3 is 1. The molecule has 2 unspecified atom stereocenters. The SMILES string of the molecule is CCCCCCNC(=O)C1CSC(c2ccc(C(C)(C)C)cc2)N1C(=O)c1ccc(OC)cc1. The first-order valence-corrected chi connectivity index (χ1v) is 13.3. The lowest BCUT2D eigenvalue weighted by Crippen LogP contribution is -2.48. The van der Waals surface area contributed by atoms with Crippen molar-refractivity contribution < 1.29 is 14.3 Å². The standard InChI is InChI=1S/C28H38N2O3S/c1-6-7-8-9-18-29-25(31)24-19-34-27(21-10-14-22(15-11-21)28(2,3)4)30(24)26(32)20-12-16-23(33-5)17-13-20/h10-17,24,27H,6-9,18-19H2,1-5H3,(H,29,31). The van der Waals surface area contributed by atoms with Crippen molar-refractivity contribution in [3.8, 4) is 5.75 Å². The first-order chi connectivity index (χ1) is 16.3. The number of nitrogens with one attached hydrogen (secondary N) is 1. The molecule has 0 bridgehead atoms. The van der Waals surface area contributed by atoms with Crippen LogP contribution >= 0.6 is 11.8 Å². The van der Waals surface area contributed by atoms with Gasteiger partial charge in [-0.05, 0) is 47.2 Å². The van der Waals surface area contributed by atoms with Crippen LogP contribution in [0.15, 0.2) is 48.5 Å². The number of nitrogens with zero attached hydrogens (tertiary/aromatic N) is 1. The third-order valence-electron chi connectivity index (χ3n) is 6.27. The number of rotatable bonds is 9. The number of thioether (sulfide) groups is 1. The molecule has 2 aromatic carbocycles. The first-order valence-electron chi connectivity index (χ1n) is 12.2. The normalized spacial score (nSPS) is 18.1. The minimum absolute atomic E-state index is 0.0557. The van der Waals surface area contributed by atoms with E-state index in [0.29, 0.717) is 23.6 Å². The molecule has 5 nitrogen and oxygen atoms in total. The molecule has 0 aliphatic carbocycles. The van der Waals surface area contributed by atoms with Crippen LogP contribution in [0.2, 0.25) is 0 Å². The van der Waals surface area contributed by atoms with Gasteiger partial charge in [0.05, 0.1) is 7.11 Å². The van der Waals surface area contributed by atoms with Gasteiger partial charge in [-0.3, -0.25) is 9.59 Å². The Bertz CT molecular complexity index is 951. The number of carbonyl (C=O) groups is 2. The maximum atomic E-state index is 13.7. The van der Waals surface area contributed by atoms with Crippen LogP contribution < -0.4 is 10.1 Å². The number of ether oxygens (including phenoxy) is 1. The Kier molecular flexibility index (Phi) is 9.06. The van der Waals surface area contributed by atoms with Crippen molar-refractivity contribution in [2.24, 2.45) is 0 Å². The van der Waals surface area contributed by atoms with Gasteiger partial charge >= 0.3 is 0 Å². The highest BCUT2D eigenvalue weighted by Crippen LogP contribution is 2.43. The topological polar surface area (TPSA) is 58.6 Å². The number of unbranched alkanes of at least 4 members (excludes halogenated alkanes) is 3. The highest BCUT2D eigenvalue weighted by atomic mass is 32.2. The molecule has 1 heterocycles. The number of amides is 2. The van der Waals surface area contributed by atoms with Crippen LogP contribution in [0.3, 0.4) is 0 Å².